The number of carbonyl (C=O) groups excluding carboxylic acids is 2. The van der Waals surface area contributed by atoms with E-state index in [-0.39, 0.29) is 0 Å². The van der Waals surface area contributed by atoms with Gasteiger partial charge in [0.15, 0.2) is 0 Å². The van der Waals surface area contributed by atoms with Crippen molar-refractivity contribution in [2.45, 2.75) is 27.7 Å². The molecule has 0 atom stereocenters. The number of rotatable bonds is 6. The lowest BCUT2D eigenvalue weighted by Gasteiger charge is -2.19. The summed E-state index contributed by atoms with van der Waals surface area (Å²) in [7, 11) is 0. The highest BCUT2D eigenvalue weighted by Crippen LogP contribution is 1.95. The van der Waals surface area contributed by atoms with Crippen LogP contribution in [0.2, 0.25) is 0 Å². The third-order valence-electron chi connectivity index (χ3n) is 2.00. The molecule has 0 bridgehead atoms. The molecule has 0 saturated carbocycles. The van der Waals surface area contributed by atoms with Crippen LogP contribution in [0.5, 0.6) is 0 Å². The third kappa shape index (κ3) is 5.09. The number of carbonyl (C=O) groups is 2. The predicted molar refractivity (Wildman–Crippen MR) is 58.0 cm³/mol. The molecule has 0 fully saturated rings. The van der Waals surface area contributed by atoms with Gasteiger partial charge in [-0.2, -0.15) is 0 Å². The molecule has 6 nitrogen and oxygen atoms in total. The molecule has 0 aliphatic carbocycles. The van der Waals surface area contributed by atoms with Gasteiger partial charge in [-0.1, -0.05) is 0 Å². The molecular weight excluding hydrogens is 212 g/mol. The van der Waals surface area contributed by atoms with E-state index in [9.17, 15) is 9.59 Å². The van der Waals surface area contributed by atoms with Crippen LogP contribution in [-0.4, -0.2) is 48.2 Å². The summed E-state index contributed by atoms with van der Waals surface area (Å²) < 4.78 is 0. The minimum absolute atomic E-state index is 0.529. The van der Waals surface area contributed by atoms with E-state index >= 15 is 0 Å². The van der Waals surface area contributed by atoms with E-state index in [0.717, 1.165) is 0 Å². The maximum atomic E-state index is 11.3. The average molecular weight is 232 g/mol. The monoisotopic (exact) mass is 232 g/mol. The van der Waals surface area contributed by atoms with Gasteiger partial charge in [-0.3, -0.25) is 0 Å². The van der Waals surface area contributed by atoms with Crippen LogP contribution in [0.25, 0.3) is 0 Å². The molecule has 16 heavy (non-hydrogen) atoms. The van der Waals surface area contributed by atoms with Gasteiger partial charge in [-0.05, 0) is 27.7 Å². The van der Waals surface area contributed by atoms with E-state index in [1.165, 1.54) is 10.1 Å². The number of hydroxylamine groups is 4. The van der Waals surface area contributed by atoms with Gasteiger partial charge in [0.2, 0.25) is 0 Å². The molecule has 0 aromatic carbocycles. The highest BCUT2D eigenvalue weighted by molar-refractivity contribution is 6.29. The Labute approximate surface area is 96.0 Å². The summed E-state index contributed by atoms with van der Waals surface area (Å²) in [5, 5.41) is 2.76. The minimum atomic E-state index is -0.990. The van der Waals surface area contributed by atoms with Gasteiger partial charge in [0.1, 0.15) is 0 Å². The van der Waals surface area contributed by atoms with Crippen LogP contribution >= 0.6 is 0 Å². The lowest BCUT2D eigenvalue weighted by molar-refractivity contribution is -0.216. The standard InChI is InChI=1S/C10H20N2O4/c1-5-11(6-2)15-9(13)10(14)16-12(7-3)8-4/h5-8H2,1-4H3. The molecular formula is C10H20N2O4. The summed E-state index contributed by atoms with van der Waals surface area (Å²) in [6.45, 7) is 9.42. The van der Waals surface area contributed by atoms with Crippen molar-refractivity contribution in [2.75, 3.05) is 26.2 Å². The van der Waals surface area contributed by atoms with Gasteiger partial charge in [-0.15, -0.1) is 10.1 Å². The summed E-state index contributed by atoms with van der Waals surface area (Å²) >= 11 is 0. The number of nitrogens with zero attached hydrogens (tertiary/aromatic N) is 2. The molecule has 0 unspecified atom stereocenters. The first-order valence-electron chi connectivity index (χ1n) is 5.52. The Hall–Kier alpha value is -1.14. The highest BCUT2D eigenvalue weighted by atomic mass is 16.8. The van der Waals surface area contributed by atoms with Gasteiger partial charge in [0, 0.05) is 26.2 Å². The molecule has 0 radical (unpaired) electrons. The van der Waals surface area contributed by atoms with Gasteiger partial charge in [0.25, 0.3) is 0 Å². The first-order chi connectivity index (χ1) is 7.58. The van der Waals surface area contributed by atoms with E-state index in [1.54, 1.807) is 0 Å². The van der Waals surface area contributed by atoms with Gasteiger partial charge < -0.3 is 9.68 Å². The number of hydrogen-bond acceptors (Lipinski definition) is 6. The van der Waals surface area contributed by atoms with E-state index < -0.39 is 11.9 Å². The van der Waals surface area contributed by atoms with Crippen molar-refractivity contribution >= 4 is 11.9 Å². The van der Waals surface area contributed by atoms with Crippen LogP contribution in [0.3, 0.4) is 0 Å². The Morgan fingerprint density at radius 1 is 0.750 bits per heavy atom. The second-order valence-corrected chi connectivity index (χ2v) is 2.99. The molecule has 0 amide bonds. The van der Waals surface area contributed by atoms with Crippen LogP contribution in [0.1, 0.15) is 27.7 Å². The molecule has 0 aliphatic rings. The van der Waals surface area contributed by atoms with Crippen LogP contribution < -0.4 is 0 Å². The zero-order valence-electron chi connectivity index (χ0n) is 10.4. The van der Waals surface area contributed by atoms with Crippen molar-refractivity contribution in [1.29, 1.82) is 0 Å². The van der Waals surface area contributed by atoms with Crippen molar-refractivity contribution in [3.63, 3.8) is 0 Å². The Morgan fingerprint density at radius 3 is 1.19 bits per heavy atom. The molecule has 6 heteroatoms. The zero-order chi connectivity index (χ0) is 12.6. The van der Waals surface area contributed by atoms with Crippen molar-refractivity contribution in [1.82, 2.24) is 10.1 Å². The average Bonchev–Trinajstić information content (AvgIpc) is 2.32. The summed E-state index contributed by atoms with van der Waals surface area (Å²) in [6, 6.07) is 0. The molecule has 0 aromatic rings. The molecule has 0 rings (SSSR count). The first kappa shape index (κ1) is 14.9. The largest absolute Gasteiger partial charge is 0.438 e. The smallest absolute Gasteiger partial charge is 0.359 e. The SMILES string of the molecule is CCN(CC)OC(=O)C(=O)ON(CC)CC. The lowest BCUT2D eigenvalue weighted by Crippen LogP contribution is -2.36. The third-order valence-corrected chi connectivity index (χ3v) is 2.00. The quantitative estimate of drug-likeness (QED) is 0.493. The van der Waals surface area contributed by atoms with Crippen LogP contribution in [0.4, 0.5) is 0 Å². The second-order valence-electron chi connectivity index (χ2n) is 2.99. The fourth-order valence-corrected chi connectivity index (χ4v) is 1.01. The Morgan fingerprint density at radius 2 is 1.00 bits per heavy atom. The first-order valence-corrected chi connectivity index (χ1v) is 5.52. The van der Waals surface area contributed by atoms with Crippen molar-refractivity contribution in [3.8, 4) is 0 Å². The maximum Gasteiger partial charge on any atom is 0.438 e. The van der Waals surface area contributed by atoms with E-state index in [4.69, 9.17) is 9.68 Å². The topological polar surface area (TPSA) is 59.1 Å². The molecule has 94 valence electrons. The fraction of sp³-hybridized carbons (Fsp3) is 0.800. The molecule has 0 aliphatic heterocycles. The lowest BCUT2D eigenvalue weighted by atomic mass is 10.6. The van der Waals surface area contributed by atoms with Crippen molar-refractivity contribution in [3.05, 3.63) is 0 Å². The highest BCUT2D eigenvalue weighted by Gasteiger charge is 2.22. The minimum Gasteiger partial charge on any atom is -0.359 e. The van der Waals surface area contributed by atoms with Crippen molar-refractivity contribution < 1.29 is 19.3 Å². The Kier molecular flexibility index (Phi) is 7.49. The van der Waals surface area contributed by atoms with Gasteiger partial charge in [-0.25, -0.2) is 9.59 Å². The van der Waals surface area contributed by atoms with Crippen LogP contribution in [0.15, 0.2) is 0 Å². The van der Waals surface area contributed by atoms with Gasteiger partial charge >= 0.3 is 11.9 Å². The summed E-state index contributed by atoms with van der Waals surface area (Å²) in [5.74, 6) is -1.98. The second kappa shape index (κ2) is 8.06. The van der Waals surface area contributed by atoms with E-state index in [1.807, 2.05) is 27.7 Å². The summed E-state index contributed by atoms with van der Waals surface area (Å²) in [6.07, 6.45) is 0. The number of hydrogen-bond donors (Lipinski definition) is 0. The Bertz CT molecular complexity index is 201. The van der Waals surface area contributed by atoms with E-state index in [0.29, 0.717) is 26.2 Å². The molecule has 0 spiro atoms. The van der Waals surface area contributed by atoms with Crippen LogP contribution in [0, 0.1) is 0 Å². The van der Waals surface area contributed by atoms with Crippen LogP contribution in [-0.2, 0) is 19.3 Å². The van der Waals surface area contributed by atoms with Crippen molar-refractivity contribution in [2.24, 2.45) is 0 Å². The Balaban J connectivity index is 4.12. The normalized spacial score (nSPS) is 10.6. The summed E-state index contributed by atoms with van der Waals surface area (Å²) in [4.78, 5) is 32.1. The molecule has 0 saturated heterocycles. The summed E-state index contributed by atoms with van der Waals surface area (Å²) in [5.41, 5.74) is 0. The maximum absolute atomic E-state index is 11.3. The molecule has 0 heterocycles. The molecule has 0 N–H and O–H groups in total. The molecule has 0 aromatic heterocycles. The van der Waals surface area contributed by atoms with E-state index in [2.05, 4.69) is 0 Å². The fourth-order valence-electron chi connectivity index (χ4n) is 1.01. The van der Waals surface area contributed by atoms with Gasteiger partial charge in [0.05, 0.1) is 0 Å². The predicted octanol–water partition coefficient (Wildman–Crippen LogP) is 0.586. The zero-order valence-corrected chi connectivity index (χ0v) is 10.4.